The second-order valence-electron chi connectivity index (χ2n) is 7.24. The zero-order chi connectivity index (χ0) is 17.8. The lowest BCUT2D eigenvalue weighted by Crippen LogP contribution is -2.43. The van der Waals surface area contributed by atoms with Gasteiger partial charge in [0, 0.05) is 31.6 Å². The monoisotopic (exact) mass is 344 g/mol. The molecule has 5 heteroatoms. The van der Waals surface area contributed by atoms with Gasteiger partial charge in [-0.1, -0.05) is 24.3 Å². The van der Waals surface area contributed by atoms with E-state index in [1.165, 1.54) is 18.2 Å². The molecule has 0 unspecified atom stereocenters. The van der Waals surface area contributed by atoms with E-state index >= 15 is 0 Å². The van der Waals surface area contributed by atoms with E-state index in [1.54, 1.807) is 0 Å². The van der Waals surface area contributed by atoms with Crippen LogP contribution in [0.3, 0.4) is 0 Å². The average molecular weight is 344 g/mol. The smallest absolute Gasteiger partial charge is 0.308 e. The van der Waals surface area contributed by atoms with Gasteiger partial charge in [-0.25, -0.2) is 0 Å². The number of methoxy groups -OCH3 is 1. The molecule has 0 radical (unpaired) electrons. The normalized spacial score (nSPS) is 21.7. The summed E-state index contributed by atoms with van der Waals surface area (Å²) in [6.07, 6.45) is 4.12. The van der Waals surface area contributed by atoms with E-state index in [9.17, 15) is 9.59 Å². The minimum atomic E-state index is -0.151. The van der Waals surface area contributed by atoms with Crippen LogP contribution in [0, 0.1) is 5.92 Å². The van der Waals surface area contributed by atoms with Crippen molar-refractivity contribution in [2.24, 2.45) is 5.92 Å². The molecule has 25 heavy (non-hydrogen) atoms. The fraction of sp³-hybridized carbons (Fsp3) is 0.600. The average Bonchev–Trinajstić information content (AvgIpc) is 3.04. The molecule has 1 aromatic rings. The lowest BCUT2D eigenvalue weighted by Gasteiger charge is -2.32. The van der Waals surface area contributed by atoms with Crippen molar-refractivity contribution in [2.45, 2.75) is 51.1 Å². The molecule has 2 aliphatic rings. The molecule has 0 bridgehead atoms. The van der Waals surface area contributed by atoms with Gasteiger partial charge in [0.05, 0.1) is 13.0 Å². The van der Waals surface area contributed by atoms with Gasteiger partial charge in [-0.3, -0.25) is 9.59 Å². The number of nitrogens with zero attached hydrogens (tertiary/aromatic N) is 1. The third-order valence-corrected chi connectivity index (χ3v) is 5.48. The zero-order valence-electron chi connectivity index (χ0n) is 15.2. The number of rotatable bonds is 5. The van der Waals surface area contributed by atoms with Crippen LogP contribution in [0.25, 0.3) is 0 Å². The molecule has 1 amide bonds. The molecule has 1 saturated heterocycles. The van der Waals surface area contributed by atoms with Crippen LogP contribution in [0.1, 0.15) is 49.8 Å². The van der Waals surface area contributed by atoms with Gasteiger partial charge in [0.25, 0.3) is 0 Å². The van der Waals surface area contributed by atoms with Crippen LogP contribution in [-0.4, -0.2) is 43.0 Å². The summed E-state index contributed by atoms with van der Waals surface area (Å²) in [4.78, 5) is 26.0. The van der Waals surface area contributed by atoms with Crippen LogP contribution in [0.15, 0.2) is 24.3 Å². The molecule has 1 N–H and O–H groups in total. The molecule has 1 fully saturated rings. The number of esters is 1. The number of carbonyl (C=O) groups is 2. The molecule has 136 valence electrons. The maximum atomic E-state index is 12.5. The Kier molecular flexibility index (Phi) is 5.74. The minimum absolute atomic E-state index is 0.0559. The van der Waals surface area contributed by atoms with Crippen molar-refractivity contribution in [3.8, 4) is 0 Å². The fourth-order valence-corrected chi connectivity index (χ4v) is 4.05. The first kappa shape index (κ1) is 17.9. The van der Waals surface area contributed by atoms with Crippen molar-refractivity contribution in [3.05, 3.63) is 35.4 Å². The standard InChI is InChI=1S/C20H28N2O3/c1-14(21-18-8-7-15-5-3-4-6-17(15)18)13-19(23)22-11-9-16(10-12-22)20(24)25-2/h3-6,14,16,18,21H,7-13H2,1-2H3/t14-,18+/m1/s1. The zero-order valence-corrected chi connectivity index (χ0v) is 15.2. The minimum Gasteiger partial charge on any atom is -0.469 e. The van der Waals surface area contributed by atoms with E-state index in [1.807, 2.05) is 4.90 Å². The molecular weight excluding hydrogens is 316 g/mol. The molecule has 1 aromatic carbocycles. The maximum absolute atomic E-state index is 12.5. The number of piperidine rings is 1. The highest BCUT2D eigenvalue weighted by molar-refractivity contribution is 5.77. The topological polar surface area (TPSA) is 58.6 Å². The molecule has 3 rings (SSSR count). The predicted molar refractivity (Wildman–Crippen MR) is 96.0 cm³/mol. The Hall–Kier alpha value is -1.88. The summed E-state index contributed by atoms with van der Waals surface area (Å²) in [5.41, 5.74) is 2.80. The number of amides is 1. The van der Waals surface area contributed by atoms with E-state index in [2.05, 4.69) is 36.5 Å². The van der Waals surface area contributed by atoms with E-state index in [4.69, 9.17) is 4.74 Å². The fourth-order valence-electron chi connectivity index (χ4n) is 4.05. The molecule has 1 aliphatic carbocycles. The van der Waals surface area contributed by atoms with Crippen molar-refractivity contribution >= 4 is 11.9 Å². The Labute approximate surface area is 149 Å². The van der Waals surface area contributed by atoms with E-state index in [-0.39, 0.29) is 23.8 Å². The highest BCUT2D eigenvalue weighted by atomic mass is 16.5. The summed E-state index contributed by atoms with van der Waals surface area (Å²) in [7, 11) is 1.42. The van der Waals surface area contributed by atoms with Gasteiger partial charge in [0.15, 0.2) is 0 Å². The highest BCUT2D eigenvalue weighted by Crippen LogP contribution is 2.31. The number of hydrogen-bond donors (Lipinski definition) is 1. The first-order chi connectivity index (χ1) is 12.1. The first-order valence-corrected chi connectivity index (χ1v) is 9.28. The summed E-state index contributed by atoms with van der Waals surface area (Å²) in [6, 6.07) is 9.04. The second-order valence-corrected chi connectivity index (χ2v) is 7.24. The third-order valence-electron chi connectivity index (χ3n) is 5.48. The van der Waals surface area contributed by atoms with Crippen LogP contribution >= 0.6 is 0 Å². The number of carbonyl (C=O) groups excluding carboxylic acids is 2. The maximum Gasteiger partial charge on any atom is 0.308 e. The predicted octanol–water partition coefficient (Wildman–Crippen LogP) is 2.45. The van der Waals surface area contributed by atoms with Crippen molar-refractivity contribution in [3.63, 3.8) is 0 Å². The quantitative estimate of drug-likeness (QED) is 0.834. The third kappa shape index (κ3) is 4.21. The molecule has 2 atom stereocenters. The highest BCUT2D eigenvalue weighted by Gasteiger charge is 2.29. The van der Waals surface area contributed by atoms with Crippen molar-refractivity contribution in [2.75, 3.05) is 20.2 Å². The molecule has 0 saturated carbocycles. The first-order valence-electron chi connectivity index (χ1n) is 9.28. The van der Waals surface area contributed by atoms with Crippen LogP contribution < -0.4 is 5.32 Å². The Morgan fingerprint density at radius 1 is 1.24 bits per heavy atom. The molecular formula is C20H28N2O3. The summed E-state index contributed by atoms with van der Waals surface area (Å²) in [6.45, 7) is 3.38. The molecule has 1 heterocycles. The largest absolute Gasteiger partial charge is 0.469 e. The van der Waals surface area contributed by atoms with Gasteiger partial charge >= 0.3 is 5.97 Å². The Balaban J connectivity index is 1.47. The van der Waals surface area contributed by atoms with Crippen molar-refractivity contribution < 1.29 is 14.3 Å². The van der Waals surface area contributed by atoms with Gasteiger partial charge in [-0.2, -0.15) is 0 Å². The number of benzene rings is 1. The lowest BCUT2D eigenvalue weighted by atomic mass is 9.96. The number of nitrogens with one attached hydrogen (secondary N) is 1. The second kappa shape index (κ2) is 8.00. The molecule has 0 aromatic heterocycles. The van der Waals surface area contributed by atoms with Crippen LogP contribution in [0.5, 0.6) is 0 Å². The Morgan fingerprint density at radius 3 is 2.68 bits per heavy atom. The van der Waals surface area contributed by atoms with Crippen molar-refractivity contribution in [1.29, 1.82) is 0 Å². The van der Waals surface area contributed by atoms with E-state index in [0.29, 0.717) is 38.4 Å². The molecule has 1 aliphatic heterocycles. The Bertz CT molecular complexity index is 623. The number of aryl methyl sites for hydroxylation is 1. The lowest BCUT2D eigenvalue weighted by molar-refractivity contribution is -0.149. The number of hydrogen-bond acceptors (Lipinski definition) is 4. The number of likely N-dealkylation sites (tertiary alicyclic amines) is 1. The Morgan fingerprint density at radius 2 is 1.96 bits per heavy atom. The van der Waals surface area contributed by atoms with E-state index < -0.39 is 0 Å². The number of fused-ring (bicyclic) bond motifs is 1. The van der Waals surface area contributed by atoms with Gasteiger partial charge in [0.2, 0.25) is 5.91 Å². The molecule has 5 nitrogen and oxygen atoms in total. The van der Waals surface area contributed by atoms with Gasteiger partial charge in [-0.15, -0.1) is 0 Å². The summed E-state index contributed by atoms with van der Waals surface area (Å²) in [5, 5.41) is 3.62. The summed E-state index contributed by atoms with van der Waals surface area (Å²) < 4.78 is 4.80. The van der Waals surface area contributed by atoms with Crippen LogP contribution in [0.4, 0.5) is 0 Å². The number of ether oxygens (including phenoxy) is 1. The van der Waals surface area contributed by atoms with Crippen LogP contribution in [-0.2, 0) is 20.7 Å². The van der Waals surface area contributed by atoms with Gasteiger partial charge in [-0.05, 0) is 43.7 Å². The van der Waals surface area contributed by atoms with Crippen LogP contribution in [0.2, 0.25) is 0 Å². The van der Waals surface area contributed by atoms with Gasteiger partial charge in [0.1, 0.15) is 0 Å². The SMILES string of the molecule is COC(=O)C1CCN(C(=O)C[C@@H](C)N[C@H]2CCc3ccccc32)CC1. The molecule has 0 spiro atoms. The van der Waals surface area contributed by atoms with Crippen molar-refractivity contribution in [1.82, 2.24) is 10.2 Å². The van der Waals surface area contributed by atoms with Gasteiger partial charge < -0.3 is 15.0 Å². The summed E-state index contributed by atoms with van der Waals surface area (Å²) in [5.74, 6) is -0.0313. The summed E-state index contributed by atoms with van der Waals surface area (Å²) >= 11 is 0. The van der Waals surface area contributed by atoms with E-state index in [0.717, 1.165) is 12.8 Å².